The quantitative estimate of drug-likeness (QED) is 0.668. The maximum Gasteiger partial charge on any atom is 0.0303 e. The standard InChI is InChI=1S/C12H24N2/c1-11(2)14-8-6-13(7-9-14)10-12(3,4)5/h1,6-10H2,2-5H3. The third-order valence-corrected chi connectivity index (χ3v) is 2.61. The van der Waals surface area contributed by atoms with E-state index in [1.165, 1.54) is 25.3 Å². The molecule has 1 aliphatic rings. The zero-order valence-electron chi connectivity index (χ0n) is 10.1. The van der Waals surface area contributed by atoms with Crippen LogP contribution in [0.25, 0.3) is 0 Å². The Bertz CT molecular complexity index is 195. The van der Waals surface area contributed by atoms with Gasteiger partial charge in [-0.05, 0) is 12.3 Å². The monoisotopic (exact) mass is 196 g/mol. The SMILES string of the molecule is C=C(C)N1CCN(CC(C)(C)C)CC1. The smallest absolute Gasteiger partial charge is 0.0303 e. The van der Waals surface area contributed by atoms with Crippen molar-refractivity contribution < 1.29 is 0 Å². The van der Waals surface area contributed by atoms with Crippen molar-refractivity contribution in [2.24, 2.45) is 5.41 Å². The summed E-state index contributed by atoms with van der Waals surface area (Å²) in [6, 6.07) is 0. The lowest BCUT2D eigenvalue weighted by Crippen LogP contribution is -2.47. The van der Waals surface area contributed by atoms with Crippen LogP contribution in [0.3, 0.4) is 0 Å². The van der Waals surface area contributed by atoms with Gasteiger partial charge in [0, 0.05) is 38.4 Å². The molecule has 1 saturated heterocycles. The third-order valence-electron chi connectivity index (χ3n) is 2.61. The molecule has 0 bridgehead atoms. The minimum atomic E-state index is 0.422. The molecule has 1 rings (SSSR count). The number of hydrogen-bond donors (Lipinski definition) is 0. The van der Waals surface area contributed by atoms with Gasteiger partial charge >= 0.3 is 0 Å². The molecule has 0 atom stereocenters. The lowest BCUT2D eigenvalue weighted by atomic mass is 9.96. The molecule has 0 unspecified atom stereocenters. The van der Waals surface area contributed by atoms with Crippen molar-refractivity contribution >= 4 is 0 Å². The molecule has 2 heteroatoms. The number of rotatable bonds is 2. The van der Waals surface area contributed by atoms with Gasteiger partial charge in [0.1, 0.15) is 0 Å². The fourth-order valence-corrected chi connectivity index (χ4v) is 1.96. The Balaban J connectivity index is 2.33. The first kappa shape index (κ1) is 11.6. The lowest BCUT2D eigenvalue weighted by molar-refractivity contribution is 0.121. The summed E-state index contributed by atoms with van der Waals surface area (Å²) >= 11 is 0. The molecule has 0 aliphatic carbocycles. The van der Waals surface area contributed by atoms with E-state index in [2.05, 4.69) is 44.1 Å². The fourth-order valence-electron chi connectivity index (χ4n) is 1.96. The second-order valence-corrected chi connectivity index (χ2v) is 5.56. The van der Waals surface area contributed by atoms with Crippen LogP contribution in [0, 0.1) is 5.41 Å². The summed E-state index contributed by atoms with van der Waals surface area (Å²) < 4.78 is 0. The topological polar surface area (TPSA) is 6.48 Å². The van der Waals surface area contributed by atoms with Crippen molar-refractivity contribution in [2.75, 3.05) is 32.7 Å². The van der Waals surface area contributed by atoms with Gasteiger partial charge < -0.3 is 4.90 Å². The number of piperazine rings is 1. The minimum absolute atomic E-state index is 0.422. The van der Waals surface area contributed by atoms with Crippen molar-refractivity contribution in [3.63, 3.8) is 0 Å². The summed E-state index contributed by atoms with van der Waals surface area (Å²) in [5.74, 6) is 0. The highest BCUT2D eigenvalue weighted by Crippen LogP contribution is 2.17. The van der Waals surface area contributed by atoms with Gasteiger partial charge in [0.05, 0.1) is 0 Å². The van der Waals surface area contributed by atoms with Crippen LogP contribution in [0.15, 0.2) is 12.3 Å². The zero-order valence-corrected chi connectivity index (χ0v) is 10.1. The Kier molecular flexibility index (Phi) is 3.59. The van der Waals surface area contributed by atoms with Crippen LogP contribution in [0.5, 0.6) is 0 Å². The van der Waals surface area contributed by atoms with Gasteiger partial charge in [0.25, 0.3) is 0 Å². The average Bonchev–Trinajstić information content (AvgIpc) is 2.02. The van der Waals surface area contributed by atoms with Crippen molar-refractivity contribution in [3.8, 4) is 0 Å². The Labute approximate surface area is 88.6 Å². The predicted octanol–water partition coefficient (Wildman–Crippen LogP) is 2.18. The van der Waals surface area contributed by atoms with Crippen LogP contribution in [0.2, 0.25) is 0 Å². The van der Waals surface area contributed by atoms with E-state index >= 15 is 0 Å². The van der Waals surface area contributed by atoms with Crippen LogP contribution < -0.4 is 0 Å². The lowest BCUT2D eigenvalue weighted by Gasteiger charge is -2.38. The first-order chi connectivity index (χ1) is 6.38. The van der Waals surface area contributed by atoms with Gasteiger partial charge in [-0.25, -0.2) is 0 Å². The summed E-state index contributed by atoms with van der Waals surface area (Å²) in [5.41, 5.74) is 1.63. The molecule has 0 radical (unpaired) electrons. The second-order valence-electron chi connectivity index (χ2n) is 5.56. The van der Waals surface area contributed by atoms with Gasteiger partial charge in [-0.1, -0.05) is 27.4 Å². The average molecular weight is 196 g/mol. The highest BCUT2D eigenvalue weighted by Gasteiger charge is 2.20. The molecule has 0 N–H and O–H groups in total. The van der Waals surface area contributed by atoms with Crippen molar-refractivity contribution in [1.82, 2.24) is 9.80 Å². The van der Waals surface area contributed by atoms with E-state index in [0.717, 1.165) is 13.1 Å². The van der Waals surface area contributed by atoms with Crippen LogP contribution >= 0.6 is 0 Å². The van der Waals surface area contributed by atoms with Gasteiger partial charge in [-0.2, -0.15) is 0 Å². The van der Waals surface area contributed by atoms with E-state index in [-0.39, 0.29) is 0 Å². The maximum absolute atomic E-state index is 3.99. The van der Waals surface area contributed by atoms with E-state index in [4.69, 9.17) is 0 Å². The van der Waals surface area contributed by atoms with Crippen LogP contribution in [-0.2, 0) is 0 Å². The van der Waals surface area contributed by atoms with E-state index in [1.807, 2.05) is 0 Å². The van der Waals surface area contributed by atoms with E-state index in [0.29, 0.717) is 5.41 Å². The fraction of sp³-hybridized carbons (Fsp3) is 0.833. The van der Waals surface area contributed by atoms with E-state index < -0.39 is 0 Å². The summed E-state index contributed by atoms with van der Waals surface area (Å²) in [6.45, 7) is 18.9. The third kappa shape index (κ3) is 3.70. The second kappa shape index (κ2) is 4.35. The molecule has 82 valence electrons. The molecule has 1 fully saturated rings. The van der Waals surface area contributed by atoms with Crippen molar-refractivity contribution in [1.29, 1.82) is 0 Å². The molecule has 2 nitrogen and oxygen atoms in total. The molecule has 0 saturated carbocycles. The summed E-state index contributed by atoms with van der Waals surface area (Å²) in [6.07, 6.45) is 0. The highest BCUT2D eigenvalue weighted by molar-refractivity contribution is 4.91. The summed E-state index contributed by atoms with van der Waals surface area (Å²) in [5, 5.41) is 0. The molecule has 1 heterocycles. The first-order valence-electron chi connectivity index (χ1n) is 5.51. The molecular formula is C12H24N2. The molecule has 0 amide bonds. The van der Waals surface area contributed by atoms with Gasteiger partial charge in [0.2, 0.25) is 0 Å². The normalized spacial score (nSPS) is 19.9. The highest BCUT2D eigenvalue weighted by atomic mass is 15.3. The number of allylic oxidation sites excluding steroid dienone is 1. The summed E-state index contributed by atoms with van der Waals surface area (Å²) in [4.78, 5) is 4.93. The molecule has 1 aliphatic heterocycles. The number of hydrogen-bond acceptors (Lipinski definition) is 2. The predicted molar refractivity (Wildman–Crippen MR) is 62.3 cm³/mol. The van der Waals surface area contributed by atoms with Crippen LogP contribution in [-0.4, -0.2) is 42.5 Å². The Morgan fingerprint density at radius 1 is 1.14 bits per heavy atom. The Hall–Kier alpha value is -0.500. The van der Waals surface area contributed by atoms with Gasteiger partial charge in [-0.15, -0.1) is 0 Å². The molecule has 14 heavy (non-hydrogen) atoms. The Morgan fingerprint density at radius 2 is 1.64 bits per heavy atom. The Morgan fingerprint density at radius 3 is 2.00 bits per heavy atom. The minimum Gasteiger partial charge on any atom is -0.373 e. The molecular weight excluding hydrogens is 172 g/mol. The number of nitrogens with zero attached hydrogens (tertiary/aromatic N) is 2. The summed E-state index contributed by atoms with van der Waals surface area (Å²) in [7, 11) is 0. The zero-order chi connectivity index (χ0) is 10.8. The molecule has 0 spiro atoms. The van der Waals surface area contributed by atoms with Crippen LogP contribution in [0.4, 0.5) is 0 Å². The van der Waals surface area contributed by atoms with Gasteiger partial charge in [0.15, 0.2) is 0 Å². The molecule has 0 aromatic heterocycles. The van der Waals surface area contributed by atoms with Gasteiger partial charge in [-0.3, -0.25) is 4.90 Å². The van der Waals surface area contributed by atoms with E-state index in [1.54, 1.807) is 0 Å². The van der Waals surface area contributed by atoms with Crippen LogP contribution in [0.1, 0.15) is 27.7 Å². The first-order valence-corrected chi connectivity index (χ1v) is 5.51. The molecule has 0 aromatic carbocycles. The van der Waals surface area contributed by atoms with Crippen molar-refractivity contribution in [3.05, 3.63) is 12.3 Å². The van der Waals surface area contributed by atoms with E-state index in [9.17, 15) is 0 Å². The molecule has 0 aromatic rings. The largest absolute Gasteiger partial charge is 0.373 e. The maximum atomic E-state index is 3.99. The van der Waals surface area contributed by atoms with Crippen molar-refractivity contribution in [2.45, 2.75) is 27.7 Å².